The number of halogens is 1. The van der Waals surface area contributed by atoms with Crippen LogP contribution in [0.2, 0.25) is 0 Å². The first-order valence-electron chi connectivity index (χ1n) is 8.72. The second-order valence-electron chi connectivity index (χ2n) is 6.74. The predicted molar refractivity (Wildman–Crippen MR) is 108 cm³/mol. The summed E-state index contributed by atoms with van der Waals surface area (Å²) in [6.07, 6.45) is 2.43. The second kappa shape index (κ2) is 7.98. The zero-order valence-electron chi connectivity index (χ0n) is 14.2. The van der Waals surface area contributed by atoms with E-state index < -0.39 is 5.60 Å². The quantitative estimate of drug-likeness (QED) is 0.574. The number of fused-ring (bicyclic) bond motifs is 3. The Kier molecular flexibility index (Phi) is 5.95. The summed E-state index contributed by atoms with van der Waals surface area (Å²) in [5.74, 6) is 0.898. The minimum absolute atomic E-state index is 0.278. The van der Waals surface area contributed by atoms with Crippen molar-refractivity contribution in [1.29, 1.82) is 0 Å². The Morgan fingerprint density at radius 1 is 0.875 bits per heavy atom. The molecule has 0 spiro atoms. The first-order chi connectivity index (χ1) is 11.8. The van der Waals surface area contributed by atoms with Crippen LogP contribution >= 0.6 is 22.6 Å². The maximum Gasteiger partial charge on any atom is 0.119 e. The van der Waals surface area contributed by atoms with Crippen LogP contribution in [0, 0.1) is 11.8 Å². The lowest BCUT2D eigenvalue weighted by Gasteiger charge is -2.51. The maximum atomic E-state index is 11.9. The Morgan fingerprint density at radius 3 is 1.71 bits per heavy atom. The number of piperidine rings is 3. The molecule has 5 rings (SSSR count). The molecule has 3 heteroatoms. The highest BCUT2D eigenvalue weighted by Crippen LogP contribution is 2.46. The van der Waals surface area contributed by atoms with Crippen LogP contribution in [0.3, 0.4) is 0 Å². The third-order valence-corrected chi connectivity index (χ3v) is 5.62. The summed E-state index contributed by atoms with van der Waals surface area (Å²) in [5.41, 5.74) is 1.17. The van der Waals surface area contributed by atoms with Crippen LogP contribution < -0.4 is 0 Å². The summed E-state index contributed by atoms with van der Waals surface area (Å²) >= 11 is 2.15. The minimum Gasteiger partial charge on any atom is -0.380 e. The van der Waals surface area contributed by atoms with Gasteiger partial charge in [-0.15, -0.1) is 0 Å². The van der Waals surface area contributed by atoms with Gasteiger partial charge >= 0.3 is 0 Å². The molecule has 0 amide bonds. The summed E-state index contributed by atoms with van der Waals surface area (Å²) < 4.78 is 0. The number of hydrogen-bond acceptors (Lipinski definition) is 2. The highest BCUT2D eigenvalue weighted by atomic mass is 127. The molecule has 0 radical (unpaired) electrons. The zero-order valence-corrected chi connectivity index (χ0v) is 16.4. The molecule has 1 N–H and O–H groups in total. The van der Waals surface area contributed by atoms with E-state index in [1.54, 1.807) is 0 Å². The molecular formula is C21H26INO. The summed E-state index contributed by atoms with van der Waals surface area (Å²) in [6.45, 7) is 3.40. The monoisotopic (exact) mass is 435 g/mol. The number of benzene rings is 2. The van der Waals surface area contributed by atoms with Crippen LogP contribution in [0.15, 0.2) is 60.7 Å². The maximum absolute atomic E-state index is 11.9. The Balaban J connectivity index is 0.000000815. The van der Waals surface area contributed by atoms with Crippen molar-refractivity contribution in [3.63, 3.8) is 0 Å². The van der Waals surface area contributed by atoms with Crippen molar-refractivity contribution in [1.82, 2.24) is 4.90 Å². The molecule has 0 aromatic heterocycles. The van der Waals surface area contributed by atoms with E-state index in [0.717, 1.165) is 17.7 Å². The van der Waals surface area contributed by atoms with Gasteiger partial charge in [-0.3, -0.25) is 0 Å². The number of aliphatic hydroxyl groups is 1. The molecule has 3 heterocycles. The van der Waals surface area contributed by atoms with Crippen LogP contribution in [0.4, 0.5) is 0 Å². The Labute approximate surface area is 159 Å². The molecule has 128 valence electrons. The van der Waals surface area contributed by atoms with E-state index in [2.05, 4.69) is 51.8 Å². The predicted octanol–water partition coefficient (Wildman–Crippen LogP) is 4.32. The number of alkyl halides is 1. The molecule has 2 nitrogen and oxygen atoms in total. The largest absolute Gasteiger partial charge is 0.380 e. The molecule has 3 aliphatic heterocycles. The second-order valence-corrected chi connectivity index (χ2v) is 6.74. The minimum atomic E-state index is -0.883. The molecule has 0 aliphatic carbocycles. The van der Waals surface area contributed by atoms with E-state index in [-0.39, 0.29) is 5.92 Å². The van der Waals surface area contributed by atoms with Gasteiger partial charge in [0.15, 0.2) is 0 Å². The van der Waals surface area contributed by atoms with Crippen LogP contribution in [-0.4, -0.2) is 34.6 Å². The average Bonchev–Trinajstić information content (AvgIpc) is 2.71. The normalized spacial score (nSPS) is 25.7. The van der Waals surface area contributed by atoms with Crippen molar-refractivity contribution >= 4 is 22.6 Å². The number of nitrogens with zero attached hydrogens (tertiary/aromatic N) is 1. The standard InChI is InChI=1S/C20H23NO.CH3I/c22-20(17-7-3-1-4-8-17,18-9-5-2-6-10-18)19-15-21-13-11-16(19)12-14-21;1-2/h1-10,16,19,22H,11-15H2;1H3. The molecular weight excluding hydrogens is 409 g/mol. The van der Waals surface area contributed by atoms with Crippen molar-refractivity contribution in [3.05, 3.63) is 71.8 Å². The fourth-order valence-corrected chi connectivity index (χ4v) is 4.42. The van der Waals surface area contributed by atoms with Gasteiger partial charge in [-0.2, -0.15) is 0 Å². The van der Waals surface area contributed by atoms with E-state index in [0.29, 0.717) is 5.92 Å². The molecule has 2 aromatic carbocycles. The van der Waals surface area contributed by atoms with Gasteiger partial charge in [0.2, 0.25) is 0 Å². The molecule has 0 saturated carbocycles. The molecule has 3 aliphatic rings. The van der Waals surface area contributed by atoms with Gasteiger partial charge in [-0.1, -0.05) is 83.3 Å². The van der Waals surface area contributed by atoms with Crippen molar-refractivity contribution < 1.29 is 5.11 Å². The summed E-state index contributed by atoms with van der Waals surface area (Å²) in [5, 5.41) is 11.9. The lowest BCUT2D eigenvalue weighted by Crippen LogP contribution is -2.55. The Bertz CT molecular complexity index is 583. The SMILES string of the molecule is CI.OC(c1ccccc1)(c1ccccc1)C1CN2CCC1CC2. The van der Waals surface area contributed by atoms with Gasteiger partial charge in [0.05, 0.1) is 0 Å². The van der Waals surface area contributed by atoms with Crippen molar-refractivity contribution in [2.75, 3.05) is 24.6 Å². The van der Waals surface area contributed by atoms with E-state index in [4.69, 9.17) is 0 Å². The lowest BCUT2D eigenvalue weighted by atomic mass is 9.65. The molecule has 24 heavy (non-hydrogen) atoms. The van der Waals surface area contributed by atoms with E-state index >= 15 is 0 Å². The van der Waals surface area contributed by atoms with E-state index in [1.807, 2.05) is 41.3 Å². The molecule has 1 atom stereocenters. The molecule has 3 saturated heterocycles. The first-order valence-corrected chi connectivity index (χ1v) is 10.9. The van der Waals surface area contributed by atoms with Crippen molar-refractivity contribution in [3.8, 4) is 0 Å². The van der Waals surface area contributed by atoms with Gasteiger partial charge < -0.3 is 10.0 Å². The topological polar surface area (TPSA) is 23.5 Å². The van der Waals surface area contributed by atoms with Gasteiger partial charge in [0, 0.05) is 12.5 Å². The third kappa shape index (κ3) is 3.26. The summed E-state index contributed by atoms with van der Waals surface area (Å²) in [4.78, 5) is 4.49. The Morgan fingerprint density at radius 2 is 1.33 bits per heavy atom. The third-order valence-electron chi connectivity index (χ3n) is 5.62. The van der Waals surface area contributed by atoms with E-state index in [1.165, 1.54) is 25.9 Å². The van der Waals surface area contributed by atoms with Crippen LogP contribution in [-0.2, 0) is 5.60 Å². The van der Waals surface area contributed by atoms with Crippen LogP contribution in [0.1, 0.15) is 24.0 Å². The van der Waals surface area contributed by atoms with Gasteiger partial charge in [-0.05, 0) is 47.9 Å². The molecule has 3 fully saturated rings. The average molecular weight is 435 g/mol. The first kappa shape index (κ1) is 17.9. The zero-order chi connectivity index (χ0) is 17.0. The highest BCUT2D eigenvalue weighted by Gasteiger charge is 2.48. The highest BCUT2D eigenvalue weighted by molar-refractivity contribution is 14.1. The molecule has 2 aromatic rings. The summed E-state index contributed by atoms with van der Waals surface area (Å²) in [6, 6.07) is 20.5. The van der Waals surface area contributed by atoms with Crippen LogP contribution in [0.5, 0.6) is 0 Å². The lowest BCUT2D eigenvalue weighted by molar-refractivity contribution is -0.0764. The van der Waals surface area contributed by atoms with Gasteiger partial charge in [0.25, 0.3) is 0 Å². The Hall–Kier alpha value is -0.910. The van der Waals surface area contributed by atoms with Gasteiger partial charge in [0.1, 0.15) is 5.60 Å². The van der Waals surface area contributed by atoms with Crippen LogP contribution in [0.25, 0.3) is 0 Å². The number of hydrogen-bond donors (Lipinski definition) is 1. The molecule has 2 bridgehead atoms. The van der Waals surface area contributed by atoms with Crippen molar-refractivity contribution in [2.24, 2.45) is 11.8 Å². The van der Waals surface area contributed by atoms with Gasteiger partial charge in [-0.25, -0.2) is 0 Å². The fourth-order valence-electron chi connectivity index (χ4n) is 4.42. The fraction of sp³-hybridized carbons (Fsp3) is 0.429. The number of rotatable bonds is 3. The van der Waals surface area contributed by atoms with E-state index in [9.17, 15) is 5.11 Å². The molecule has 1 unspecified atom stereocenters. The summed E-state index contributed by atoms with van der Waals surface area (Å²) in [7, 11) is 0. The van der Waals surface area contributed by atoms with Crippen molar-refractivity contribution in [2.45, 2.75) is 18.4 Å². The smallest absolute Gasteiger partial charge is 0.119 e.